The molecule has 0 aliphatic carbocycles. The molecule has 0 aromatic heterocycles. The molecule has 0 bridgehead atoms. The van der Waals surface area contributed by atoms with Gasteiger partial charge in [0.1, 0.15) is 0 Å². The van der Waals surface area contributed by atoms with E-state index in [1.807, 2.05) is 31.2 Å². The van der Waals surface area contributed by atoms with Gasteiger partial charge in [-0.15, -0.1) is 6.58 Å². The molecule has 0 saturated heterocycles. The van der Waals surface area contributed by atoms with Gasteiger partial charge in [-0.05, 0) is 24.0 Å². The van der Waals surface area contributed by atoms with Crippen molar-refractivity contribution in [1.29, 1.82) is 0 Å². The van der Waals surface area contributed by atoms with Crippen molar-refractivity contribution in [2.75, 3.05) is 0 Å². The SMILES string of the molecule is C=CCC(C(=O)O)c1ccccc1CC. The summed E-state index contributed by atoms with van der Waals surface area (Å²) in [7, 11) is 0. The number of benzene rings is 1. The summed E-state index contributed by atoms with van der Waals surface area (Å²) in [5, 5.41) is 9.13. The van der Waals surface area contributed by atoms with E-state index in [-0.39, 0.29) is 0 Å². The van der Waals surface area contributed by atoms with E-state index in [1.165, 1.54) is 0 Å². The van der Waals surface area contributed by atoms with Crippen LogP contribution in [0.25, 0.3) is 0 Å². The first-order chi connectivity index (χ1) is 7.20. The topological polar surface area (TPSA) is 37.3 Å². The molecule has 1 unspecified atom stereocenters. The number of hydrogen-bond acceptors (Lipinski definition) is 1. The fraction of sp³-hybridized carbons (Fsp3) is 0.308. The van der Waals surface area contributed by atoms with E-state index in [0.717, 1.165) is 17.5 Å². The molecule has 0 fully saturated rings. The first-order valence-electron chi connectivity index (χ1n) is 5.12. The maximum atomic E-state index is 11.1. The van der Waals surface area contributed by atoms with Crippen LogP contribution in [0.4, 0.5) is 0 Å². The fourth-order valence-electron chi connectivity index (χ4n) is 1.72. The summed E-state index contributed by atoms with van der Waals surface area (Å²) >= 11 is 0. The molecule has 1 aromatic carbocycles. The number of carbonyl (C=O) groups is 1. The summed E-state index contributed by atoms with van der Waals surface area (Å²) in [6.07, 6.45) is 2.99. The Hall–Kier alpha value is -1.57. The van der Waals surface area contributed by atoms with Crippen LogP contribution < -0.4 is 0 Å². The van der Waals surface area contributed by atoms with E-state index < -0.39 is 11.9 Å². The van der Waals surface area contributed by atoms with Gasteiger partial charge in [0.05, 0.1) is 5.92 Å². The molecule has 0 aliphatic rings. The second-order valence-corrected chi connectivity index (χ2v) is 3.47. The van der Waals surface area contributed by atoms with Gasteiger partial charge in [0.25, 0.3) is 0 Å². The quantitative estimate of drug-likeness (QED) is 0.748. The van der Waals surface area contributed by atoms with Crippen LogP contribution in [-0.2, 0) is 11.2 Å². The van der Waals surface area contributed by atoms with Crippen LogP contribution in [0.15, 0.2) is 36.9 Å². The minimum absolute atomic E-state index is 0.460. The average molecular weight is 204 g/mol. The summed E-state index contributed by atoms with van der Waals surface area (Å²) in [5.41, 5.74) is 2.01. The lowest BCUT2D eigenvalue weighted by molar-refractivity contribution is -0.138. The lowest BCUT2D eigenvalue weighted by atomic mass is 9.90. The van der Waals surface area contributed by atoms with Crippen molar-refractivity contribution in [2.45, 2.75) is 25.7 Å². The Morgan fingerprint density at radius 3 is 2.73 bits per heavy atom. The molecule has 15 heavy (non-hydrogen) atoms. The third kappa shape index (κ3) is 2.69. The van der Waals surface area contributed by atoms with Crippen molar-refractivity contribution in [2.24, 2.45) is 0 Å². The van der Waals surface area contributed by atoms with Gasteiger partial charge < -0.3 is 5.11 Å². The van der Waals surface area contributed by atoms with Gasteiger partial charge in [0, 0.05) is 0 Å². The molecule has 0 radical (unpaired) electrons. The Kier molecular flexibility index (Phi) is 4.10. The van der Waals surface area contributed by atoms with Gasteiger partial charge in [-0.1, -0.05) is 37.3 Å². The molecule has 1 atom stereocenters. The predicted octanol–water partition coefficient (Wildman–Crippen LogP) is 2.99. The van der Waals surface area contributed by atoms with Crippen LogP contribution in [-0.4, -0.2) is 11.1 Å². The van der Waals surface area contributed by atoms with Crippen molar-refractivity contribution >= 4 is 5.97 Å². The van der Waals surface area contributed by atoms with Gasteiger partial charge in [-0.25, -0.2) is 0 Å². The maximum Gasteiger partial charge on any atom is 0.311 e. The van der Waals surface area contributed by atoms with Crippen LogP contribution in [0.1, 0.15) is 30.4 Å². The van der Waals surface area contributed by atoms with E-state index in [1.54, 1.807) is 6.08 Å². The smallest absolute Gasteiger partial charge is 0.311 e. The molecule has 0 saturated carbocycles. The van der Waals surface area contributed by atoms with E-state index >= 15 is 0 Å². The standard InChI is InChI=1S/C13H16O2/c1-3-7-12(13(14)15)11-9-6-5-8-10(11)4-2/h3,5-6,8-9,12H,1,4,7H2,2H3,(H,14,15). The van der Waals surface area contributed by atoms with Crippen molar-refractivity contribution in [1.82, 2.24) is 0 Å². The average Bonchev–Trinajstić information content (AvgIpc) is 2.25. The summed E-state index contributed by atoms with van der Waals surface area (Å²) in [6.45, 7) is 5.63. The molecule has 2 heteroatoms. The molecule has 2 nitrogen and oxygen atoms in total. The zero-order valence-electron chi connectivity index (χ0n) is 8.94. The summed E-state index contributed by atoms with van der Waals surface area (Å²) in [4.78, 5) is 11.1. The predicted molar refractivity (Wildman–Crippen MR) is 61.0 cm³/mol. The van der Waals surface area contributed by atoms with E-state index in [0.29, 0.717) is 6.42 Å². The second-order valence-electron chi connectivity index (χ2n) is 3.47. The van der Waals surface area contributed by atoms with Crippen molar-refractivity contribution < 1.29 is 9.90 Å². The van der Waals surface area contributed by atoms with Crippen LogP contribution in [0, 0.1) is 0 Å². The molecule has 1 rings (SSSR count). The van der Waals surface area contributed by atoms with Gasteiger partial charge in [-0.3, -0.25) is 4.79 Å². The number of allylic oxidation sites excluding steroid dienone is 1. The van der Waals surface area contributed by atoms with Crippen LogP contribution in [0.5, 0.6) is 0 Å². The summed E-state index contributed by atoms with van der Waals surface area (Å²) in [6, 6.07) is 7.69. The molecule has 1 N–H and O–H groups in total. The number of carboxylic acids is 1. The molecule has 0 amide bonds. The third-order valence-corrected chi connectivity index (χ3v) is 2.51. The normalized spacial score (nSPS) is 12.1. The van der Waals surface area contributed by atoms with Crippen LogP contribution in [0.2, 0.25) is 0 Å². The number of rotatable bonds is 5. The Labute approximate surface area is 90.3 Å². The first kappa shape index (κ1) is 11.5. The molecule has 0 heterocycles. The molecule has 0 spiro atoms. The molecule has 80 valence electrons. The number of aryl methyl sites for hydroxylation is 1. The monoisotopic (exact) mass is 204 g/mol. The highest BCUT2D eigenvalue weighted by Crippen LogP contribution is 2.24. The fourth-order valence-corrected chi connectivity index (χ4v) is 1.72. The largest absolute Gasteiger partial charge is 0.481 e. The molecular weight excluding hydrogens is 188 g/mol. The van der Waals surface area contributed by atoms with E-state index in [2.05, 4.69) is 6.58 Å². The van der Waals surface area contributed by atoms with Gasteiger partial charge in [0.15, 0.2) is 0 Å². The minimum atomic E-state index is -0.782. The number of carboxylic acid groups (broad SMARTS) is 1. The van der Waals surface area contributed by atoms with Gasteiger partial charge in [0.2, 0.25) is 0 Å². The van der Waals surface area contributed by atoms with E-state index in [4.69, 9.17) is 5.11 Å². The lowest BCUT2D eigenvalue weighted by Crippen LogP contribution is -2.12. The highest BCUT2D eigenvalue weighted by Gasteiger charge is 2.19. The van der Waals surface area contributed by atoms with Crippen molar-refractivity contribution in [3.05, 3.63) is 48.0 Å². The zero-order valence-corrected chi connectivity index (χ0v) is 8.94. The van der Waals surface area contributed by atoms with Gasteiger partial charge in [-0.2, -0.15) is 0 Å². The van der Waals surface area contributed by atoms with Crippen molar-refractivity contribution in [3.63, 3.8) is 0 Å². The van der Waals surface area contributed by atoms with Crippen molar-refractivity contribution in [3.8, 4) is 0 Å². The third-order valence-electron chi connectivity index (χ3n) is 2.51. The highest BCUT2D eigenvalue weighted by atomic mass is 16.4. The molecule has 1 aromatic rings. The lowest BCUT2D eigenvalue weighted by Gasteiger charge is -2.14. The van der Waals surface area contributed by atoms with Gasteiger partial charge >= 0.3 is 5.97 Å². The maximum absolute atomic E-state index is 11.1. The second kappa shape index (κ2) is 5.35. The Balaban J connectivity index is 3.09. The van der Waals surface area contributed by atoms with Crippen LogP contribution >= 0.6 is 0 Å². The Morgan fingerprint density at radius 2 is 2.20 bits per heavy atom. The zero-order chi connectivity index (χ0) is 11.3. The molecule has 0 aliphatic heterocycles. The Morgan fingerprint density at radius 1 is 1.53 bits per heavy atom. The Bertz CT molecular complexity index is 355. The number of aliphatic carboxylic acids is 1. The summed E-state index contributed by atoms with van der Waals surface area (Å²) in [5.74, 6) is -1.24. The van der Waals surface area contributed by atoms with Crippen LogP contribution in [0.3, 0.4) is 0 Å². The summed E-state index contributed by atoms with van der Waals surface area (Å²) < 4.78 is 0. The van der Waals surface area contributed by atoms with E-state index in [9.17, 15) is 4.79 Å². The molecular formula is C13H16O2. The first-order valence-corrected chi connectivity index (χ1v) is 5.12. The number of hydrogen-bond donors (Lipinski definition) is 1. The highest BCUT2D eigenvalue weighted by molar-refractivity contribution is 5.76. The minimum Gasteiger partial charge on any atom is -0.481 e.